The van der Waals surface area contributed by atoms with E-state index in [1.54, 1.807) is 19.1 Å². The topological polar surface area (TPSA) is 41.1 Å². The number of benzene rings is 1. The summed E-state index contributed by atoms with van der Waals surface area (Å²) in [5, 5.41) is 5.62. The normalized spacial score (nSPS) is 12.3. The maximum atomic E-state index is 13.6. The first-order chi connectivity index (χ1) is 8.41. The predicted octanol–water partition coefficient (Wildman–Crippen LogP) is 3.05. The van der Waals surface area contributed by atoms with Crippen LogP contribution in [0.3, 0.4) is 0 Å². The molecule has 3 nitrogen and oxygen atoms in total. The molecular weight excluding hydrogens is 255 g/mol. The van der Waals surface area contributed by atoms with Crippen molar-refractivity contribution < 1.29 is 9.18 Å². The van der Waals surface area contributed by atoms with Crippen molar-refractivity contribution in [3.8, 4) is 0 Å². The Kier molecular flexibility index (Phi) is 5.41. The van der Waals surface area contributed by atoms with Crippen LogP contribution in [0.2, 0.25) is 5.02 Å². The molecule has 0 bridgehead atoms. The third-order valence-corrected chi connectivity index (χ3v) is 2.69. The van der Waals surface area contributed by atoms with Crippen LogP contribution in [-0.4, -0.2) is 18.5 Å². The minimum absolute atomic E-state index is 0.0368. The Bertz CT molecular complexity index is 423. The van der Waals surface area contributed by atoms with E-state index < -0.39 is 11.9 Å². The highest BCUT2D eigenvalue weighted by atomic mass is 35.5. The summed E-state index contributed by atoms with van der Waals surface area (Å²) >= 11 is 5.66. The van der Waals surface area contributed by atoms with Crippen LogP contribution in [0, 0.1) is 11.7 Å². The Balaban J connectivity index is 2.61. The zero-order valence-corrected chi connectivity index (χ0v) is 11.5. The number of hydrogen-bond donors (Lipinski definition) is 2. The van der Waals surface area contributed by atoms with Crippen molar-refractivity contribution in [2.24, 2.45) is 5.92 Å². The fraction of sp³-hybridized carbons (Fsp3) is 0.462. The number of anilines is 1. The molecule has 1 unspecified atom stereocenters. The Morgan fingerprint density at radius 3 is 2.67 bits per heavy atom. The summed E-state index contributed by atoms with van der Waals surface area (Å²) in [7, 11) is 0. The summed E-state index contributed by atoms with van der Waals surface area (Å²) < 4.78 is 13.6. The average molecular weight is 273 g/mol. The van der Waals surface area contributed by atoms with Crippen LogP contribution in [0.25, 0.3) is 0 Å². The molecule has 1 rings (SSSR count). The summed E-state index contributed by atoms with van der Waals surface area (Å²) in [6.45, 7) is 6.29. The van der Waals surface area contributed by atoms with Crippen LogP contribution >= 0.6 is 11.6 Å². The molecule has 0 aliphatic carbocycles. The summed E-state index contributed by atoms with van der Waals surface area (Å²) in [5.74, 6) is -0.324. The van der Waals surface area contributed by atoms with Gasteiger partial charge in [0.2, 0.25) is 5.91 Å². The standard InChI is InChI=1S/C13H18ClFN2O/c1-8(2)7-16-13(18)9(3)17-11-6-4-5-10(14)12(11)15/h4-6,8-9,17H,7H2,1-3H3,(H,16,18). The molecule has 1 atom stereocenters. The summed E-state index contributed by atoms with van der Waals surface area (Å²) in [4.78, 5) is 11.7. The average Bonchev–Trinajstić information content (AvgIpc) is 2.31. The minimum Gasteiger partial charge on any atom is -0.371 e. The molecular formula is C13H18ClFN2O. The second kappa shape index (κ2) is 6.59. The van der Waals surface area contributed by atoms with Crippen LogP contribution < -0.4 is 10.6 Å². The second-order valence-electron chi connectivity index (χ2n) is 4.61. The molecule has 18 heavy (non-hydrogen) atoms. The molecule has 0 spiro atoms. The first kappa shape index (κ1) is 14.8. The second-order valence-corrected chi connectivity index (χ2v) is 5.01. The fourth-order valence-electron chi connectivity index (χ4n) is 1.37. The van der Waals surface area contributed by atoms with Gasteiger partial charge in [-0.25, -0.2) is 4.39 Å². The van der Waals surface area contributed by atoms with E-state index in [4.69, 9.17) is 11.6 Å². The highest BCUT2D eigenvalue weighted by Crippen LogP contribution is 2.22. The van der Waals surface area contributed by atoms with Gasteiger partial charge in [0.25, 0.3) is 0 Å². The highest BCUT2D eigenvalue weighted by Gasteiger charge is 2.15. The first-order valence-corrected chi connectivity index (χ1v) is 6.28. The van der Waals surface area contributed by atoms with Gasteiger partial charge in [-0.1, -0.05) is 31.5 Å². The number of hydrogen-bond acceptors (Lipinski definition) is 2. The predicted molar refractivity (Wildman–Crippen MR) is 72.3 cm³/mol. The Hall–Kier alpha value is -1.29. The summed E-state index contributed by atoms with van der Waals surface area (Å²) in [6.07, 6.45) is 0. The molecule has 0 aliphatic rings. The summed E-state index contributed by atoms with van der Waals surface area (Å²) in [5.41, 5.74) is 0.231. The van der Waals surface area contributed by atoms with E-state index in [-0.39, 0.29) is 16.6 Å². The molecule has 1 aromatic carbocycles. The number of halogens is 2. The van der Waals surface area contributed by atoms with Crippen molar-refractivity contribution >= 4 is 23.2 Å². The van der Waals surface area contributed by atoms with Crippen LogP contribution in [0.15, 0.2) is 18.2 Å². The van der Waals surface area contributed by atoms with Crippen molar-refractivity contribution in [1.82, 2.24) is 5.32 Å². The van der Waals surface area contributed by atoms with E-state index in [2.05, 4.69) is 10.6 Å². The third kappa shape index (κ3) is 4.18. The Labute approximate surface area is 112 Å². The molecule has 100 valence electrons. The van der Waals surface area contributed by atoms with Gasteiger partial charge in [0.1, 0.15) is 6.04 Å². The fourth-order valence-corrected chi connectivity index (χ4v) is 1.55. The molecule has 0 aliphatic heterocycles. The summed E-state index contributed by atoms with van der Waals surface area (Å²) in [6, 6.07) is 4.13. The number of carbonyl (C=O) groups excluding carboxylic acids is 1. The largest absolute Gasteiger partial charge is 0.371 e. The van der Waals surface area contributed by atoms with E-state index in [1.807, 2.05) is 13.8 Å². The number of nitrogens with one attached hydrogen (secondary N) is 2. The van der Waals surface area contributed by atoms with Crippen molar-refractivity contribution in [2.75, 3.05) is 11.9 Å². The smallest absolute Gasteiger partial charge is 0.242 e. The van der Waals surface area contributed by atoms with Gasteiger partial charge in [0.05, 0.1) is 10.7 Å². The zero-order valence-electron chi connectivity index (χ0n) is 10.8. The molecule has 0 heterocycles. The van der Waals surface area contributed by atoms with Gasteiger partial charge in [-0.05, 0) is 25.0 Å². The van der Waals surface area contributed by atoms with Gasteiger partial charge in [0.15, 0.2) is 5.82 Å². The molecule has 0 saturated carbocycles. The minimum atomic E-state index is -0.539. The van der Waals surface area contributed by atoms with Crippen molar-refractivity contribution in [2.45, 2.75) is 26.8 Å². The molecule has 1 amide bonds. The lowest BCUT2D eigenvalue weighted by molar-refractivity contribution is -0.121. The van der Waals surface area contributed by atoms with Crippen LogP contribution in [0.1, 0.15) is 20.8 Å². The van der Waals surface area contributed by atoms with E-state index >= 15 is 0 Å². The van der Waals surface area contributed by atoms with E-state index in [1.165, 1.54) is 6.07 Å². The van der Waals surface area contributed by atoms with Gasteiger partial charge < -0.3 is 10.6 Å². The zero-order chi connectivity index (χ0) is 13.7. The Morgan fingerprint density at radius 2 is 2.06 bits per heavy atom. The lowest BCUT2D eigenvalue weighted by Gasteiger charge is -2.16. The van der Waals surface area contributed by atoms with E-state index in [0.717, 1.165) is 0 Å². The maximum absolute atomic E-state index is 13.6. The van der Waals surface area contributed by atoms with E-state index in [9.17, 15) is 9.18 Å². The van der Waals surface area contributed by atoms with E-state index in [0.29, 0.717) is 12.5 Å². The van der Waals surface area contributed by atoms with Crippen molar-refractivity contribution in [3.63, 3.8) is 0 Å². The van der Waals surface area contributed by atoms with Gasteiger partial charge in [-0.2, -0.15) is 0 Å². The lowest BCUT2D eigenvalue weighted by Crippen LogP contribution is -2.39. The molecule has 0 fully saturated rings. The third-order valence-electron chi connectivity index (χ3n) is 2.40. The van der Waals surface area contributed by atoms with Gasteiger partial charge in [-0.15, -0.1) is 0 Å². The van der Waals surface area contributed by atoms with Crippen molar-refractivity contribution in [3.05, 3.63) is 29.0 Å². The molecule has 1 aromatic rings. The number of carbonyl (C=O) groups is 1. The molecule has 2 N–H and O–H groups in total. The van der Waals surface area contributed by atoms with Crippen molar-refractivity contribution in [1.29, 1.82) is 0 Å². The number of amides is 1. The van der Waals surface area contributed by atoms with Gasteiger partial charge in [0, 0.05) is 6.54 Å². The van der Waals surface area contributed by atoms with Gasteiger partial charge in [-0.3, -0.25) is 4.79 Å². The number of rotatable bonds is 5. The monoisotopic (exact) mass is 272 g/mol. The highest BCUT2D eigenvalue weighted by molar-refractivity contribution is 6.31. The SMILES string of the molecule is CC(C)CNC(=O)C(C)Nc1cccc(Cl)c1F. The first-order valence-electron chi connectivity index (χ1n) is 5.90. The van der Waals surface area contributed by atoms with Crippen LogP contribution in [0.5, 0.6) is 0 Å². The quantitative estimate of drug-likeness (QED) is 0.865. The molecule has 0 saturated heterocycles. The Morgan fingerprint density at radius 1 is 1.39 bits per heavy atom. The molecule has 5 heteroatoms. The molecule has 0 aromatic heterocycles. The molecule has 0 radical (unpaired) electrons. The van der Waals surface area contributed by atoms with Gasteiger partial charge >= 0.3 is 0 Å². The van der Waals surface area contributed by atoms with Crippen LogP contribution in [0.4, 0.5) is 10.1 Å². The lowest BCUT2D eigenvalue weighted by atomic mass is 10.2. The maximum Gasteiger partial charge on any atom is 0.242 e. The van der Waals surface area contributed by atoms with Crippen LogP contribution in [-0.2, 0) is 4.79 Å².